The molecule has 8 heteroatoms. The summed E-state index contributed by atoms with van der Waals surface area (Å²) in [5.74, 6) is -1.37. The molecule has 0 spiro atoms. The van der Waals surface area contributed by atoms with Gasteiger partial charge in [0.05, 0.1) is 18.9 Å². The maximum Gasteiger partial charge on any atom is 0.305 e. The molecule has 0 aliphatic carbocycles. The Morgan fingerprint density at radius 3 is 3.22 bits per heavy atom. The maximum absolute atomic E-state index is 11.4. The van der Waals surface area contributed by atoms with Gasteiger partial charge in [-0.2, -0.15) is 5.10 Å². The van der Waals surface area contributed by atoms with Gasteiger partial charge >= 0.3 is 5.97 Å². The first-order valence-electron chi connectivity index (χ1n) is 5.26. The van der Waals surface area contributed by atoms with Crippen molar-refractivity contribution in [2.24, 2.45) is 10.2 Å². The highest BCUT2D eigenvalue weighted by Crippen LogP contribution is 2.22. The zero-order chi connectivity index (χ0) is 13.0. The molecule has 0 saturated carbocycles. The largest absolute Gasteiger partial charge is 0.492 e. The van der Waals surface area contributed by atoms with Gasteiger partial charge in [0.1, 0.15) is 11.4 Å². The van der Waals surface area contributed by atoms with Crippen molar-refractivity contribution in [3.05, 3.63) is 12.3 Å². The molecule has 2 aliphatic rings. The lowest BCUT2D eigenvalue weighted by molar-refractivity contribution is -0.138. The van der Waals surface area contributed by atoms with Crippen molar-refractivity contribution in [3.63, 3.8) is 0 Å². The minimum absolute atomic E-state index is 0.119. The lowest BCUT2D eigenvalue weighted by Gasteiger charge is -2.00. The Hall–Kier alpha value is -1.83. The number of hydrogen-bond donors (Lipinski definition) is 2. The van der Waals surface area contributed by atoms with Crippen molar-refractivity contribution >= 4 is 35.0 Å². The van der Waals surface area contributed by atoms with Crippen molar-refractivity contribution < 1.29 is 19.4 Å². The number of carbonyl (C=O) groups is 2. The lowest BCUT2D eigenvalue weighted by Crippen LogP contribution is -2.26. The first-order chi connectivity index (χ1) is 8.65. The summed E-state index contributed by atoms with van der Waals surface area (Å²) in [5, 5.41) is 18.4. The van der Waals surface area contributed by atoms with E-state index in [1.54, 1.807) is 6.26 Å². The molecule has 2 rings (SSSR count). The number of nitrogens with one attached hydrogen (secondary N) is 1. The Labute approximate surface area is 107 Å². The Morgan fingerprint density at radius 1 is 1.72 bits per heavy atom. The third kappa shape index (κ3) is 3.33. The quantitative estimate of drug-likeness (QED) is 0.566. The lowest BCUT2D eigenvalue weighted by atomic mass is 10.3. The summed E-state index contributed by atoms with van der Waals surface area (Å²) in [5.41, 5.74) is 0. The second-order valence-electron chi connectivity index (χ2n) is 3.65. The molecule has 2 heterocycles. The van der Waals surface area contributed by atoms with Crippen LogP contribution in [0, 0.1) is 0 Å². The molecular formula is C10H11N3O4S. The van der Waals surface area contributed by atoms with Gasteiger partial charge in [-0.15, -0.1) is 5.10 Å². The van der Waals surface area contributed by atoms with Crippen LogP contribution in [0.5, 0.6) is 0 Å². The van der Waals surface area contributed by atoms with E-state index in [1.165, 1.54) is 6.21 Å². The van der Waals surface area contributed by atoms with Crippen LogP contribution in [0.1, 0.15) is 12.8 Å². The molecule has 2 unspecified atom stereocenters. The molecule has 7 nitrogen and oxygen atoms in total. The van der Waals surface area contributed by atoms with E-state index in [0.717, 1.165) is 18.2 Å². The van der Waals surface area contributed by atoms with Crippen LogP contribution >= 0.6 is 11.8 Å². The monoisotopic (exact) mass is 269 g/mol. The number of nitrogens with zero attached hydrogens (tertiary/aromatic N) is 2. The van der Waals surface area contributed by atoms with Crippen LogP contribution in [0.4, 0.5) is 0 Å². The highest BCUT2D eigenvalue weighted by Gasteiger charge is 2.32. The van der Waals surface area contributed by atoms with Crippen molar-refractivity contribution in [1.82, 2.24) is 5.32 Å². The van der Waals surface area contributed by atoms with Gasteiger partial charge in [0, 0.05) is 6.42 Å². The van der Waals surface area contributed by atoms with Crippen LogP contribution in [0.3, 0.4) is 0 Å². The number of amides is 1. The molecule has 0 aromatic rings. The smallest absolute Gasteiger partial charge is 0.305 e. The normalized spacial score (nSPS) is 28.9. The van der Waals surface area contributed by atoms with E-state index in [2.05, 4.69) is 15.5 Å². The van der Waals surface area contributed by atoms with Gasteiger partial charge in [0.15, 0.2) is 5.17 Å². The predicted molar refractivity (Wildman–Crippen MR) is 66.3 cm³/mol. The molecule has 1 fully saturated rings. The molecular weight excluding hydrogens is 258 g/mol. The van der Waals surface area contributed by atoms with Crippen molar-refractivity contribution in [1.29, 1.82) is 0 Å². The second-order valence-corrected chi connectivity index (χ2v) is 4.84. The molecule has 0 aromatic carbocycles. The minimum Gasteiger partial charge on any atom is -0.492 e. The van der Waals surface area contributed by atoms with Crippen molar-refractivity contribution in [2.45, 2.75) is 24.2 Å². The molecule has 2 N–H and O–H groups in total. The van der Waals surface area contributed by atoms with Gasteiger partial charge in [-0.1, -0.05) is 11.8 Å². The van der Waals surface area contributed by atoms with Crippen LogP contribution in [-0.4, -0.2) is 39.7 Å². The Bertz CT molecular complexity index is 438. The maximum atomic E-state index is 11.4. The summed E-state index contributed by atoms with van der Waals surface area (Å²) in [7, 11) is 0. The molecule has 96 valence electrons. The zero-order valence-corrected chi connectivity index (χ0v) is 10.1. The predicted octanol–water partition coefficient (Wildman–Crippen LogP) is 0.337. The van der Waals surface area contributed by atoms with Crippen molar-refractivity contribution in [3.8, 4) is 0 Å². The van der Waals surface area contributed by atoms with E-state index >= 15 is 0 Å². The number of aliphatic carboxylic acids is 1. The van der Waals surface area contributed by atoms with Crippen LogP contribution in [-0.2, 0) is 14.3 Å². The third-order valence-corrected chi connectivity index (χ3v) is 3.31. The average Bonchev–Trinajstić information content (AvgIpc) is 2.90. The van der Waals surface area contributed by atoms with Gasteiger partial charge in [0.25, 0.3) is 0 Å². The van der Waals surface area contributed by atoms with Gasteiger partial charge < -0.3 is 15.2 Å². The van der Waals surface area contributed by atoms with Gasteiger partial charge in [-0.05, 0) is 6.08 Å². The van der Waals surface area contributed by atoms with E-state index in [9.17, 15) is 9.59 Å². The number of rotatable bonds is 4. The Morgan fingerprint density at radius 2 is 2.56 bits per heavy atom. The Kier molecular flexibility index (Phi) is 3.98. The van der Waals surface area contributed by atoms with Crippen LogP contribution in [0.2, 0.25) is 0 Å². The highest BCUT2D eigenvalue weighted by molar-refractivity contribution is 8.15. The molecule has 18 heavy (non-hydrogen) atoms. The minimum atomic E-state index is -1.02. The number of amidine groups is 1. The molecule has 0 bridgehead atoms. The third-order valence-electron chi connectivity index (χ3n) is 2.24. The first kappa shape index (κ1) is 12.6. The topological polar surface area (TPSA) is 100 Å². The molecule has 1 saturated heterocycles. The van der Waals surface area contributed by atoms with Gasteiger partial charge in [-0.3, -0.25) is 9.59 Å². The van der Waals surface area contributed by atoms with E-state index in [0.29, 0.717) is 5.17 Å². The van der Waals surface area contributed by atoms with E-state index < -0.39 is 11.2 Å². The summed E-state index contributed by atoms with van der Waals surface area (Å²) >= 11 is 1.07. The van der Waals surface area contributed by atoms with Gasteiger partial charge in [-0.25, -0.2) is 0 Å². The fourth-order valence-electron chi connectivity index (χ4n) is 1.40. The molecule has 0 aromatic heterocycles. The summed E-state index contributed by atoms with van der Waals surface area (Å²) in [6.07, 6.45) is 5.40. The number of ether oxygens (including phenoxy) is 1. The van der Waals surface area contributed by atoms with E-state index in [4.69, 9.17) is 9.84 Å². The van der Waals surface area contributed by atoms with E-state index in [-0.39, 0.29) is 18.4 Å². The fraction of sp³-hybridized carbons (Fsp3) is 0.400. The summed E-state index contributed by atoms with van der Waals surface area (Å²) < 4.78 is 5.14. The molecule has 1 amide bonds. The molecule has 2 atom stereocenters. The standard InChI is InChI=1S/C10H11N3O4S/c14-8(15)4-7-9(16)12-10(18-7)13-11-5-6-2-1-3-17-6/h1,3,5-7H,2,4H2,(H,14,15)(H,12,13,16)/b11-5+. The van der Waals surface area contributed by atoms with E-state index in [1.807, 2.05) is 6.08 Å². The highest BCUT2D eigenvalue weighted by atomic mass is 32.2. The zero-order valence-electron chi connectivity index (χ0n) is 9.28. The van der Waals surface area contributed by atoms with Crippen LogP contribution < -0.4 is 5.32 Å². The number of carboxylic acids is 1. The average molecular weight is 269 g/mol. The second kappa shape index (κ2) is 5.67. The van der Waals surface area contributed by atoms with Crippen LogP contribution in [0.15, 0.2) is 22.5 Å². The SMILES string of the molecule is O=C(O)CC1S/C(=N/N=C/C2CC=CO2)NC1=O. The number of carboxylic acid groups (broad SMARTS) is 1. The van der Waals surface area contributed by atoms with Crippen LogP contribution in [0.25, 0.3) is 0 Å². The summed E-state index contributed by atoms with van der Waals surface area (Å²) in [4.78, 5) is 21.9. The number of carbonyl (C=O) groups excluding carboxylic acids is 1. The van der Waals surface area contributed by atoms with Gasteiger partial charge in [0.2, 0.25) is 5.91 Å². The number of thioether (sulfide) groups is 1. The summed E-state index contributed by atoms with van der Waals surface area (Å²) in [6, 6.07) is 0. The first-order valence-corrected chi connectivity index (χ1v) is 6.14. The molecule has 0 radical (unpaired) electrons. The Balaban J connectivity index is 1.86. The van der Waals surface area contributed by atoms with Crippen molar-refractivity contribution in [2.75, 3.05) is 0 Å². The number of hydrogen-bond acceptors (Lipinski definition) is 6. The fourth-order valence-corrected chi connectivity index (χ4v) is 2.32. The summed E-state index contributed by atoms with van der Waals surface area (Å²) in [6.45, 7) is 0. The molecule has 2 aliphatic heterocycles.